The van der Waals surface area contributed by atoms with Gasteiger partial charge in [0.05, 0.1) is 0 Å². The number of oxazole rings is 1. The lowest BCUT2D eigenvalue weighted by Crippen LogP contribution is -2.41. The molecule has 0 spiro atoms. The van der Waals surface area contributed by atoms with Crippen molar-refractivity contribution in [1.82, 2.24) is 9.88 Å². The number of amides is 1. The van der Waals surface area contributed by atoms with Crippen molar-refractivity contribution in [3.63, 3.8) is 0 Å². The highest BCUT2D eigenvalue weighted by molar-refractivity contribution is 5.95. The molecule has 0 aliphatic carbocycles. The van der Waals surface area contributed by atoms with Crippen molar-refractivity contribution in [1.29, 1.82) is 0 Å². The number of hydrogen-bond acceptors (Lipinski definition) is 3. The van der Waals surface area contributed by atoms with E-state index >= 15 is 0 Å². The van der Waals surface area contributed by atoms with Gasteiger partial charge in [-0.3, -0.25) is 4.79 Å². The number of benzene rings is 2. The van der Waals surface area contributed by atoms with Crippen LogP contribution in [-0.4, -0.2) is 28.4 Å². The van der Waals surface area contributed by atoms with Crippen LogP contribution in [0.2, 0.25) is 0 Å². The first-order chi connectivity index (χ1) is 11.7. The number of rotatable bonds is 2. The van der Waals surface area contributed by atoms with Crippen LogP contribution in [0, 0.1) is 0 Å². The van der Waals surface area contributed by atoms with E-state index in [2.05, 4.69) is 11.9 Å². The van der Waals surface area contributed by atoms with Gasteiger partial charge in [0.1, 0.15) is 5.52 Å². The predicted octanol–water partition coefficient (Wildman–Crippen LogP) is 4.51. The Hall–Kier alpha value is -2.62. The van der Waals surface area contributed by atoms with E-state index in [1.54, 1.807) is 0 Å². The topological polar surface area (TPSA) is 46.3 Å². The zero-order valence-electron chi connectivity index (χ0n) is 13.7. The molecule has 0 saturated carbocycles. The summed E-state index contributed by atoms with van der Waals surface area (Å²) in [5.74, 6) is 0.702. The number of hydrogen-bond donors (Lipinski definition) is 0. The summed E-state index contributed by atoms with van der Waals surface area (Å²) in [5, 5.41) is 0. The number of fused-ring (bicyclic) bond motifs is 1. The van der Waals surface area contributed by atoms with Gasteiger partial charge >= 0.3 is 0 Å². The van der Waals surface area contributed by atoms with Gasteiger partial charge in [0.25, 0.3) is 5.91 Å². The zero-order valence-corrected chi connectivity index (χ0v) is 13.7. The molecule has 4 nitrogen and oxygen atoms in total. The van der Waals surface area contributed by atoms with Crippen LogP contribution in [-0.2, 0) is 0 Å². The van der Waals surface area contributed by atoms with Crippen molar-refractivity contribution >= 4 is 17.0 Å². The third kappa shape index (κ3) is 2.68. The Kier molecular flexibility index (Phi) is 3.81. The molecule has 2 aromatic carbocycles. The van der Waals surface area contributed by atoms with Crippen LogP contribution in [0.4, 0.5) is 0 Å². The van der Waals surface area contributed by atoms with Gasteiger partial charge in [0, 0.05) is 23.7 Å². The Morgan fingerprint density at radius 3 is 2.67 bits per heavy atom. The normalized spacial score (nSPS) is 18.0. The molecule has 3 aromatic rings. The molecule has 0 radical (unpaired) electrons. The minimum absolute atomic E-state index is 0.117. The number of piperidine rings is 1. The van der Waals surface area contributed by atoms with Gasteiger partial charge in [-0.25, -0.2) is 4.98 Å². The first-order valence-corrected chi connectivity index (χ1v) is 8.49. The predicted molar refractivity (Wildman–Crippen MR) is 93.8 cm³/mol. The summed E-state index contributed by atoms with van der Waals surface area (Å²) in [4.78, 5) is 19.2. The van der Waals surface area contributed by atoms with Crippen LogP contribution in [0.25, 0.3) is 22.6 Å². The van der Waals surface area contributed by atoms with Gasteiger partial charge in [-0.15, -0.1) is 0 Å². The van der Waals surface area contributed by atoms with Crippen molar-refractivity contribution in [2.75, 3.05) is 6.54 Å². The van der Waals surface area contributed by atoms with Gasteiger partial charge in [0.2, 0.25) is 5.89 Å². The number of aromatic nitrogens is 1. The van der Waals surface area contributed by atoms with Crippen molar-refractivity contribution < 1.29 is 9.21 Å². The highest BCUT2D eigenvalue weighted by Crippen LogP contribution is 2.25. The minimum Gasteiger partial charge on any atom is -0.436 e. The van der Waals surface area contributed by atoms with Crippen LogP contribution in [0.3, 0.4) is 0 Å². The molecule has 0 N–H and O–H groups in total. The van der Waals surface area contributed by atoms with Crippen LogP contribution >= 0.6 is 0 Å². The maximum atomic E-state index is 12.7. The summed E-state index contributed by atoms with van der Waals surface area (Å²) >= 11 is 0. The first kappa shape index (κ1) is 14.9. The Morgan fingerprint density at radius 2 is 1.92 bits per heavy atom. The molecule has 122 valence electrons. The SMILES string of the molecule is CC1CCCCN1C(=O)c1ccc(-c2nc3ccccc3o2)cc1. The average Bonchev–Trinajstić information content (AvgIpc) is 3.06. The van der Waals surface area contributed by atoms with E-state index in [0.29, 0.717) is 11.9 Å². The summed E-state index contributed by atoms with van der Waals surface area (Å²) in [5.41, 5.74) is 3.22. The monoisotopic (exact) mass is 320 g/mol. The summed E-state index contributed by atoms with van der Waals surface area (Å²) in [7, 11) is 0. The van der Waals surface area contributed by atoms with E-state index in [1.165, 1.54) is 6.42 Å². The summed E-state index contributed by atoms with van der Waals surface area (Å²) in [6.07, 6.45) is 3.39. The second kappa shape index (κ2) is 6.11. The van der Waals surface area contributed by atoms with E-state index in [-0.39, 0.29) is 5.91 Å². The zero-order chi connectivity index (χ0) is 16.5. The van der Waals surface area contributed by atoms with Gasteiger partial charge in [0.15, 0.2) is 5.58 Å². The molecule has 4 rings (SSSR count). The van der Waals surface area contributed by atoms with Crippen molar-refractivity contribution in [2.24, 2.45) is 0 Å². The molecule has 1 aliphatic rings. The number of likely N-dealkylation sites (tertiary alicyclic amines) is 1. The lowest BCUT2D eigenvalue weighted by molar-refractivity contribution is 0.0635. The molecule has 1 amide bonds. The standard InChI is InChI=1S/C20H20N2O2/c1-14-6-4-5-13-22(14)20(23)16-11-9-15(10-12-16)19-21-17-7-2-3-8-18(17)24-19/h2-3,7-12,14H,4-6,13H2,1H3. The highest BCUT2D eigenvalue weighted by Gasteiger charge is 2.24. The summed E-state index contributed by atoms with van der Waals surface area (Å²) in [6, 6.07) is 15.6. The van der Waals surface area contributed by atoms with Gasteiger partial charge < -0.3 is 9.32 Å². The number of carbonyl (C=O) groups excluding carboxylic acids is 1. The van der Waals surface area contributed by atoms with Gasteiger partial charge in [-0.05, 0) is 62.6 Å². The Bertz CT molecular complexity index is 834. The van der Waals surface area contributed by atoms with Crippen LogP contribution in [0.5, 0.6) is 0 Å². The fraction of sp³-hybridized carbons (Fsp3) is 0.300. The van der Waals surface area contributed by atoms with Crippen molar-refractivity contribution in [3.8, 4) is 11.5 Å². The van der Waals surface area contributed by atoms with E-state index in [0.717, 1.165) is 41.6 Å². The largest absolute Gasteiger partial charge is 0.436 e. The second-order valence-electron chi connectivity index (χ2n) is 6.41. The Morgan fingerprint density at radius 1 is 1.12 bits per heavy atom. The molecule has 1 unspecified atom stereocenters. The average molecular weight is 320 g/mol. The Labute approximate surface area is 141 Å². The molecule has 1 fully saturated rings. The molecule has 24 heavy (non-hydrogen) atoms. The smallest absolute Gasteiger partial charge is 0.254 e. The minimum atomic E-state index is 0.117. The van der Waals surface area contributed by atoms with E-state index < -0.39 is 0 Å². The molecular weight excluding hydrogens is 300 g/mol. The third-order valence-corrected chi connectivity index (χ3v) is 4.74. The van der Waals surface area contributed by atoms with E-state index in [9.17, 15) is 4.79 Å². The van der Waals surface area contributed by atoms with Gasteiger partial charge in [-0.2, -0.15) is 0 Å². The molecule has 4 heteroatoms. The van der Waals surface area contributed by atoms with E-state index in [4.69, 9.17) is 4.42 Å². The first-order valence-electron chi connectivity index (χ1n) is 8.49. The summed E-state index contributed by atoms with van der Waals surface area (Å²) < 4.78 is 5.78. The molecule has 1 aliphatic heterocycles. The Balaban J connectivity index is 1.59. The summed E-state index contributed by atoms with van der Waals surface area (Å²) in [6.45, 7) is 2.98. The molecule has 1 saturated heterocycles. The lowest BCUT2D eigenvalue weighted by atomic mass is 10.0. The van der Waals surface area contributed by atoms with Crippen LogP contribution in [0.15, 0.2) is 52.9 Å². The maximum absolute atomic E-state index is 12.7. The number of carbonyl (C=O) groups is 1. The quantitative estimate of drug-likeness (QED) is 0.698. The molecule has 0 bridgehead atoms. The molecule has 1 atom stereocenters. The fourth-order valence-corrected chi connectivity index (χ4v) is 3.32. The number of nitrogens with zero attached hydrogens (tertiary/aromatic N) is 2. The lowest BCUT2D eigenvalue weighted by Gasteiger charge is -2.33. The van der Waals surface area contributed by atoms with Crippen LogP contribution < -0.4 is 0 Å². The van der Waals surface area contributed by atoms with Crippen molar-refractivity contribution in [3.05, 3.63) is 54.1 Å². The highest BCUT2D eigenvalue weighted by atomic mass is 16.3. The maximum Gasteiger partial charge on any atom is 0.254 e. The third-order valence-electron chi connectivity index (χ3n) is 4.74. The molecule has 2 heterocycles. The van der Waals surface area contributed by atoms with Crippen LogP contribution in [0.1, 0.15) is 36.5 Å². The molecular formula is C20H20N2O2. The number of para-hydroxylation sites is 2. The van der Waals surface area contributed by atoms with Gasteiger partial charge in [-0.1, -0.05) is 12.1 Å². The van der Waals surface area contributed by atoms with E-state index in [1.807, 2.05) is 53.4 Å². The second-order valence-corrected chi connectivity index (χ2v) is 6.41. The van der Waals surface area contributed by atoms with Crippen molar-refractivity contribution in [2.45, 2.75) is 32.2 Å². The molecule has 1 aromatic heterocycles. The fourth-order valence-electron chi connectivity index (χ4n) is 3.32.